The first kappa shape index (κ1) is 11.3. The first-order valence-corrected chi connectivity index (χ1v) is 5.12. The van der Waals surface area contributed by atoms with Crippen molar-refractivity contribution in [3.63, 3.8) is 0 Å². The van der Waals surface area contributed by atoms with E-state index < -0.39 is 0 Å². The lowest BCUT2D eigenvalue weighted by atomic mass is 10.2. The minimum atomic E-state index is -0.0966. The molecule has 0 spiro atoms. The number of rotatable bonds is 2. The fraction of sp³-hybridized carbons (Fsp3) is 0.100. The number of nitrogens with two attached hydrogens (primary N) is 1. The van der Waals surface area contributed by atoms with Gasteiger partial charge in [-0.1, -0.05) is 0 Å². The predicted molar refractivity (Wildman–Crippen MR) is 67.8 cm³/mol. The van der Waals surface area contributed by atoms with Gasteiger partial charge < -0.3 is 20.6 Å². The van der Waals surface area contributed by atoms with Gasteiger partial charge in [0, 0.05) is 5.39 Å². The first-order valence-electron chi connectivity index (χ1n) is 4.71. The molecule has 0 fully saturated rings. The van der Waals surface area contributed by atoms with E-state index >= 15 is 0 Å². The highest BCUT2D eigenvalue weighted by atomic mass is 32.1. The standard InChI is InChI=1S/C10H10N4O2S/c1-16-5-2-3-7-6(4-5)8(15)9(12-7)13-14-10(11)17/h2-4,12,15H,1H3,(H2,11,17)/b14-13+. The molecule has 0 bridgehead atoms. The van der Waals surface area contributed by atoms with Gasteiger partial charge in [-0.15, -0.1) is 10.2 Å². The molecule has 1 aromatic heterocycles. The van der Waals surface area contributed by atoms with Crippen LogP contribution in [0.15, 0.2) is 28.4 Å². The average Bonchev–Trinajstić information content (AvgIpc) is 2.63. The van der Waals surface area contributed by atoms with Crippen LogP contribution in [0.25, 0.3) is 10.9 Å². The van der Waals surface area contributed by atoms with E-state index in [1.807, 2.05) is 0 Å². The van der Waals surface area contributed by atoms with Crippen molar-refractivity contribution in [1.82, 2.24) is 4.98 Å². The van der Waals surface area contributed by atoms with Crippen molar-refractivity contribution >= 4 is 34.1 Å². The van der Waals surface area contributed by atoms with Crippen LogP contribution in [0.4, 0.5) is 5.82 Å². The number of aromatic nitrogens is 1. The summed E-state index contributed by atoms with van der Waals surface area (Å²) in [6.07, 6.45) is 0. The summed E-state index contributed by atoms with van der Waals surface area (Å²) >= 11 is 4.56. The largest absolute Gasteiger partial charge is 0.504 e. The molecular formula is C10H10N4O2S. The Kier molecular flexibility index (Phi) is 2.92. The number of azo groups is 1. The predicted octanol–water partition coefficient (Wildman–Crippen LogP) is 2.21. The summed E-state index contributed by atoms with van der Waals surface area (Å²) in [6, 6.07) is 5.24. The van der Waals surface area contributed by atoms with Crippen molar-refractivity contribution in [1.29, 1.82) is 0 Å². The van der Waals surface area contributed by atoms with Crippen molar-refractivity contribution in [2.45, 2.75) is 0 Å². The number of nitrogens with one attached hydrogen (secondary N) is 1. The van der Waals surface area contributed by atoms with Gasteiger partial charge in [0.25, 0.3) is 0 Å². The van der Waals surface area contributed by atoms with Crippen molar-refractivity contribution in [2.24, 2.45) is 16.0 Å². The normalized spacial score (nSPS) is 11.1. The Labute approximate surface area is 102 Å². The van der Waals surface area contributed by atoms with Gasteiger partial charge in [-0.05, 0) is 30.4 Å². The SMILES string of the molecule is COc1ccc2[nH]c(/N=N/C(N)=S)c(O)c2c1. The maximum absolute atomic E-state index is 9.90. The third kappa shape index (κ3) is 2.18. The zero-order valence-electron chi connectivity index (χ0n) is 8.97. The molecule has 0 unspecified atom stereocenters. The molecule has 2 rings (SSSR count). The van der Waals surface area contributed by atoms with E-state index in [0.29, 0.717) is 11.1 Å². The van der Waals surface area contributed by atoms with Crippen LogP contribution in [0.1, 0.15) is 0 Å². The second-order valence-corrected chi connectivity index (χ2v) is 3.69. The van der Waals surface area contributed by atoms with Gasteiger partial charge in [0.15, 0.2) is 11.6 Å². The molecule has 0 saturated heterocycles. The number of nitrogens with zero attached hydrogens (tertiary/aromatic N) is 2. The Balaban J connectivity index is 2.53. The molecule has 0 atom stereocenters. The van der Waals surface area contributed by atoms with Crippen LogP contribution in [0, 0.1) is 0 Å². The molecule has 0 aliphatic rings. The van der Waals surface area contributed by atoms with Crippen LogP contribution < -0.4 is 10.5 Å². The van der Waals surface area contributed by atoms with Crippen LogP contribution in [0.5, 0.6) is 11.5 Å². The van der Waals surface area contributed by atoms with Crippen LogP contribution in [-0.4, -0.2) is 22.3 Å². The number of fused-ring (bicyclic) bond motifs is 1. The molecule has 0 saturated carbocycles. The maximum Gasteiger partial charge on any atom is 0.211 e. The number of thiocarbonyl (C=S) groups is 1. The van der Waals surface area contributed by atoms with Crippen molar-refractivity contribution < 1.29 is 9.84 Å². The molecule has 17 heavy (non-hydrogen) atoms. The number of aromatic amines is 1. The first-order chi connectivity index (χ1) is 8.11. The van der Waals surface area contributed by atoms with Gasteiger partial charge in [-0.2, -0.15) is 0 Å². The van der Waals surface area contributed by atoms with E-state index in [1.165, 1.54) is 0 Å². The molecule has 0 aliphatic carbocycles. The second kappa shape index (κ2) is 4.38. The van der Waals surface area contributed by atoms with Crippen LogP contribution in [0.2, 0.25) is 0 Å². The minimum absolute atomic E-state index is 0.0149. The summed E-state index contributed by atoms with van der Waals surface area (Å²) in [5.74, 6) is 0.838. The molecule has 0 aliphatic heterocycles. The van der Waals surface area contributed by atoms with E-state index in [2.05, 4.69) is 27.4 Å². The zero-order valence-corrected chi connectivity index (χ0v) is 9.78. The summed E-state index contributed by atoms with van der Waals surface area (Å²) in [6.45, 7) is 0. The summed E-state index contributed by atoms with van der Waals surface area (Å²) in [5, 5.41) is 17.6. The fourth-order valence-corrected chi connectivity index (χ4v) is 1.48. The summed E-state index contributed by atoms with van der Waals surface area (Å²) in [5.41, 5.74) is 5.91. The highest BCUT2D eigenvalue weighted by Crippen LogP contribution is 2.36. The van der Waals surface area contributed by atoms with Gasteiger partial charge in [-0.3, -0.25) is 0 Å². The average molecular weight is 250 g/mol. The summed E-state index contributed by atoms with van der Waals surface area (Å²) < 4.78 is 5.06. The van der Waals surface area contributed by atoms with Crippen molar-refractivity contribution in [2.75, 3.05) is 7.11 Å². The Morgan fingerprint density at radius 2 is 2.29 bits per heavy atom. The van der Waals surface area contributed by atoms with Crippen molar-refractivity contribution in [3.05, 3.63) is 18.2 Å². The lowest BCUT2D eigenvalue weighted by Gasteiger charge is -1.98. The van der Waals surface area contributed by atoms with E-state index in [-0.39, 0.29) is 16.7 Å². The van der Waals surface area contributed by atoms with Crippen LogP contribution in [-0.2, 0) is 0 Å². The van der Waals surface area contributed by atoms with Crippen molar-refractivity contribution in [3.8, 4) is 11.5 Å². The molecule has 2 aromatic rings. The van der Waals surface area contributed by atoms with E-state index in [9.17, 15) is 5.11 Å². The lowest BCUT2D eigenvalue weighted by Crippen LogP contribution is -2.01. The smallest absolute Gasteiger partial charge is 0.211 e. The van der Waals surface area contributed by atoms with Crippen LogP contribution in [0.3, 0.4) is 0 Å². The summed E-state index contributed by atoms with van der Waals surface area (Å²) in [7, 11) is 1.55. The molecule has 1 heterocycles. The number of methoxy groups -OCH3 is 1. The fourth-order valence-electron chi connectivity index (χ4n) is 1.44. The van der Waals surface area contributed by atoms with Gasteiger partial charge in [0.2, 0.25) is 5.11 Å². The molecule has 0 radical (unpaired) electrons. The van der Waals surface area contributed by atoms with Crippen LogP contribution >= 0.6 is 12.2 Å². The summed E-state index contributed by atoms with van der Waals surface area (Å²) in [4.78, 5) is 2.89. The number of aromatic hydroxyl groups is 1. The van der Waals surface area contributed by atoms with E-state index in [1.54, 1.807) is 25.3 Å². The Bertz CT molecular complexity index is 606. The zero-order chi connectivity index (χ0) is 12.4. The topological polar surface area (TPSA) is 96.0 Å². The van der Waals surface area contributed by atoms with E-state index in [0.717, 1.165) is 5.52 Å². The highest BCUT2D eigenvalue weighted by Gasteiger charge is 2.10. The maximum atomic E-state index is 9.90. The molecular weight excluding hydrogens is 240 g/mol. The van der Waals surface area contributed by atoms with E-state index in [4.69, 9.17) is 10.5 Å². The third-order valence-corrected chi connectivity index (χ3v) is 2.29. The number of hydrogen-bond donors (Lipinski definition) is 3. The number of hydrogen-bond acceptors (Lipinski definition) is 4. The molecule has 4 N–H and O–H groups in total. The number of ether oxygens (including phenoxy) is 1. The van der Waals surface area contributed by atoms with Gasteiger partial charge in [0.05, 0.1) is 12.6 Å². The molecule has 6 nitrogen and oxygen atoms in total. The monoisotopic (exact) mass is 250 g/mol. The Morgan fingerprint density at radius 3 is 2.94 bits per heavy atom. The van der Waals surface area contributed by atoms with Gasteiger partial charge >= 0.3 is 0 Å². The Hall–Kier alpha value is -2.15. The molecule has 1 aromatic carbocycles. The molecule has 88 valence electrons. The Morgan fingerprint density at radius 1 is 1.53 bits per heavy atom. The second-order valence-electron chi connectivity index (χ2n) is 3.27. The molecule has 0 amide bonds. The third-order valence-electron chi connectivity index (χ3n) is 2.21. The van der Waals surface area contributed by atoms with Gasteiger partial charge in [-0.25, -0.2) is 0 Å². The van der Waals surface area contributed by atoms with Gasteiger partial charge in [0.1, 0.15) is 5.75 Å². The quantitative estimate of drug-likeness (QED) is 0.562. The number of H-pyrrole nitrogens is 1. The lowest BCUT2D eigenvalue weighted by molar-refractivity contribution is 0.415. The highest BCUT2D eigenvalue weighted by molar-refractivity contribution is 7.80. The molecule has 7 heteroatoms. The minimum Gasteiger partial charge on any atom is -0.504 e. The number of benzene rings is 1.